The van der Waals surface area contributed by atoms with Crippen molar-refractivity contribution in [3.05, 3.63) is 0 Å². The van der Waals surface area contributed by atoms with Gasteiger partial charge in [-0.2, -0.15) is 0 Å². The van der Waals surface area contributed by atoms with Crippen LogP contribution in [0.4, 0.5) is 0 Å². The molecule has 0 heteroatoms. The molecule has 0 amide bonds. The molecule has 1 aliphatic rings. The summed E-state index contributed by atoms with van der Waals surface area (Å²) in [7, 11) is 0. The van der Waals surface area contributed by atoms with Gasteiger partial charge in [0.15, 0.2) is 0 Å². The van der Waals surface area contributed by atoms with Crippen LogP contribution in [0.15, 0.2) is 0 Å². The second-order valence-corrected chi connectivity index (χ2v) is 4.59. The Morgan fingerprint density at radius 2 is 1.64 bits per heavy atom. The van der Waals surface area contributed by atoms with E-state index in [1.54, 1.807) is 0 Å². The van der Waals surface area contributed by atoms with Gasteiger partial charge < -0.3 is 0 Å². The van der Waals surface area contributed by atoms with Gasteiger partial charge in [-0.15, -0.1) is 0 Å². The molecule has 0 nitrogen and oxygen atoms in total. The molecule has 1 aliphatic carbocycles. The molecule has 0 bridgehead atoms. The molecule has 0 aromatic heterocycles. The average molecular weight is 154 g/mol. The Bertz CT molecular complexity index is 116. The number of hydrogen-bond acceptors (Lipinski definition) is 0. The van der Waals surface area contributed by atoms with Crippen molar-refractivity contribution in [3.8, 4) is 0 Å². The summed E-state index contributed by atoms with van der Waals surface area (Å²) >= 11 is 0. The lowest BCUT2D eigenvalue weighted by Crippen LogP contribution is -2.35. The summed E-state index contributed by atoms with van der Waals surface area (Å²) in [6.45, 7) is 9.68. The molecule has 0 spiro atoms. The highest BCUT2D eigenvalue weighted by Crippen LogP contribution is 2.46. The summed E-state index contributed by atoms with van der Waals surface area (Å²) in [6.07, 6.45) is 5.72. The lowest BCUT2D eigenvalue weighted by Gasteiger charge is -2.44. The Morgan fingerprint density at radius 3 is 1.91 bits per heavy atom. The topological polar surface area (TPSA) is 0 Å². The molecule has 11 heavy (non-hydrogen) atoms. The summed E-state index contributed by atoms with van der Waals surface area (Å²) in [5.74, 6) is 1.88. The Balaban J connectivity index is 2.69. The Hall–Kier alpha value is 0. The first-order chi connectivity index (χ1) is 5.11. The predicted octanol–water partition coefficient (Wildman–Crippen LogP) is 3.86. The van der Waals surface area contributed by atoms with Crippen LogP contribution < -0.4 is 0 Å². The third-order valence-electron chi connectivity index (χ3n) is 4.29. The Labute approximate surface area is 71.4 Å². The van der Waals surface area contributed by atoms with Crippen LogP contribution in [0.25, 0.3) is 0 Å². The zero-order valence-electron chi connectivity index (χ0n) is 8.48. The van der Waals surface area contributed by atoms with Gasteiger partial charge in [0.1, 0.15) is 0 Å². The summed E-state index contributed by atoms with van der Waals surface area (Å²) in [5.41, 5.74) is 0.637. The van der Waals surface area contributed by atoms with Crippen LogP contribution >= 0.6 is 0 Å². The monoisotopic (exact) mass is 154 g/mol. The van der Waals surface area contributed by atoms with Crippen molar-refractivity contribution in [2.45, 2.75) is 53.4 Å². The standard InChI is InChI=1S/C11H22/c1-5-11(4)9(2)7-6-8-10(11)3/h9-10H,5-8H2,1-4H3. The van der Waals surface area contributed by atoms with Crippen LogP contribution in [0.2, 0.25) is 0 Å². The van der Waals surface area contributed by atoms with Crippen molar-refractivity contribution >= 4 is 0 Å². The molecule has 0 aromatic carbocycles. The van der Waals surface area contributed by atoms with E-state index >= 15 is 0 Å². The third-order valence-corrected chi connectivity index (χ3v) is 4.29. The lowest BCUT2D eigenvalue weighted by molar-refractivity contribution is 0.0578. The highest BCUT2D eigenvalue weighted by molar-refractivity contribution is 4.87. The minimum atomic E-state index is 0.637. The third kappa shape index (κ3) is 1.45. The van der Waals surface area contributed by atoms with Crippen LogP contribution in [0.1, 0.15) is 53.4 Å². The molecule has 0 aromatic rings. The molecule has 1 saturated carbocycles. The summed E-state index contributed by atoms with van der Waals surface area (Å²) in [4.78, 5) is 0. The summed E-state index contributed by atoms with van der Waals surface area (Å²) in [6, 6.07) is 0. The van der Waals surface area contributed by atoms with E-state index in [9.17, 15) is 0 Å². The van der Waals surface area contributed by atoms with E-state index in [-0.39, 0.29) is 0 Å². The molecular formula is C11H22. The molecule has 0 radical (unpaired) electrons. The van der Waals surface area contributed by atoms with Crippen molar-refractivity contribution in [2.75, 3.05) is 0 Å². The van der Waals surface area contributed by atoms with Crippen LogP contribution in [0.3, 0.4) is 0 Å². The molecule has 66 valence electrons. The average Bonchev–Trinajstić information content (AvgIpc) is 2.00. The number of rotatable bonds is 1. The summed E-state index contributed by atoms with van der Waals surface area (Å²) < 4.78 is 0. The quantitative estimate of drug-likeness (QED) is 0.538. The van der Waals surface area contributed by atoms with Gasteiger partial charge in [-0.3, -0.25) is 0 Å². The second kappa shape index (κ2) is 3.16. The Kier molecular flexibility index (Phi) is 2.61. The van der Waals surface area contributed by atoms with Gasteiger partial charge in [0, 0.05) is 0 Å². The van der Waals surface area contributed by atoms with E-state index in [1.807, 2.05) is 0 Å². The predicted molar refractivity (Wildman–Crippen MR) is 50.6 cm³/mol. The van der Waals surface area contributed by atoms with Crippen LogP contribution in [0, 0.1) is 17.3 Å². The van der Waals surface area contributed by atoms with Crippen LogP contribution in [0.5, 0.6) is 0 Å². The second-order valence-electron chi connectivity index (χ2n) is 4.59. The van der Waals surface area contributed by atoms with Crippen LogP contribution in [-0.4, -0.2) is 0 Å². The fourth-order valence-corrected chi connectivity index (χ4v) is 2.57. The molecule has 0 heterocycles. The van der Waals surface area contributed by atoms with Gasteiger partial charge in [-0.1, -0.05) is 53.4 Å². The first-order valence-electron chi connectivity index (χ1n) is 5.11. The number of hydrogen-bond donors (Lipinski definition) is 0. The molecule has 0 aliphatic heterocycles. The smallest absolute Gasteiger partial charge is 0.0277 e. The fraction of sp³-hybridized carbons (Fsp3) is 1.00. The van der Waals surface area contributed by atoms with E-state index < -0.39 is 0 Å². The first-order valence-corrected chi connectivity index (χ1v) is 5.11. The van der Waals surface area contributed by atoms with Gasteiger partial charge in [0.25, 0.3) is 0 Å². The van der Waals surface area contributed by atoms with Crippen molar-refractivity contribution < 1.29 is 0 Å². The molecule has 0 saturated heterocycles. The van der Waals surface area contributed by atoms with Gasteiger partial charge in [0.2, 0.25) is 0 Å². The maximum absolute atomic E-state index is 2.47. The maximum Gasteiger partial charge on any atom is -0.0277 e. The van der Waals surface area contributed by atoms with E-state index in [1.165, 1.54) is 25.7 Å². The minimum absolute atomic E-state index is 0.637. The highest BCUT2D eigenvalue weighted by atomic mass is 14.4. The fourth-order valence-electron chi connectivity index (χ4n) is 2.57. The molecule has 2 atom stereocenters. The van der Waals surface area contributed by atoms with Crippen molar-refractivity contribution in [1.29, 1.82) is 0 Å². The van der Waals surface area contributed by atoms with Crippen molar-refractivity contribution in [3.63, 3.8) is 0 Å². The van der Waals surface area contributed by atoms with Crippen molar-refractivity contribution in [2.24, 2.45) is 17.3 Å². The highest BCUT2D eigenvalue weighted by Gasteiger charge is 2.37. The SMILES string of the molecule is CCC1(C)C(C)CCCC1C. The van der Waals surface area contributed by atoms with Gasteiger partial charge >= 0.3 is 0 Å². The van der Waals surface area contributed by atoms with Gasteiger partial charge in [-0.05, 0) is 17.3 Å². The van der Waals surface area contributed by atoms with E-state index in [2.05, 4.69) is 27.7 Å². The van der Waals surface area contributed by atoms with Crippen LogP contribution in [-0.2, 0) is 0 Å². The largest absolute Gasteiger partial charge is 0.0648 e. The van der Waals surface area contributed by atoms with Gasteiger partial charge in [0.05, 0.1) is 0 Å². The Morgan fingerprint density at radius 1 is 1.18 bits per heavy atom. The zero-order valence-corrected chi connectivity index (χ0v) is 8.48. The van der Waals surface area contributed by atoms with E-state index in [4.69, 9.17) is 0 Å². The molecular weight excluding hydrogens is 132 g/mol. The van der Waals surface area contributed by atoms with Crippen molar-refractivity contribution in [1.82, 2.24) is 0 Å². The van der Waals surface area contributed by atoms with E-state index in [0.717, 1.165) is 11.8 Å². The van der Waals surface area contributed by atoms with Gasteiger partial charge in [-0.25, -0.2) is 0 Å². The molecule has 1 rings (SSSR count). The normalized spacial score (nSPS) is 45.8. The minimum Gasteiger partial charge on any atom is -0.0648 e. The van der Waals surface area contributed by atoms with E-state index in [0.29, 0.717) is 5.41 Å². The lowest BCUT2D eigenvalue weighted by atomic mass is 9.61. The maximum atomic E-state index is 2.47. The molecule has 2 unspecified atom stereocenters. The molecule has 1 fully saturated rings. The summed E-state index contributed by atoms with van der Waals surface area (Å²) in [5, 5.41) is 0. The zero-order chi connectivity index (χ0) is 8.48. The molecule has 0 N–H and O–H groups in total. The first kappa shape index (κ1) is 9.09.